The van der Waals surface area contributed by atoms with Crippen molar-refractivity contribution < 1.29 is 19.0 Å². The van der Waals surface area contributed by atoms with Gasteiger partial charge in [-0.1, -0.05) is 54.1 Å². The Balaban J connectivity index is 1.58. The number of rotatable bonds is 8. The van der Waals surface area contributed by atoms with E-state index in [1.165, 1.54) is 0 Å². The maximum Gasteiger partial charge on any atom is 0.329 e. The number of benzene rings is 2. The highest BCUT2D eigenvalue weighted by molar-refractivity contribution is 6.31. The molecule has 1 saturated carbocycles. The molecule has 5 nitrogen and oxygen atoms in total. The largest absolute Gasteiger partial charge is 0.480 e. The van der Waals surface area contributed by atoms with Gasteiger partial charge >= 0.3 is 5.97 Å². The van der Waals surface area contributed by atoms with E-state index in [-0.39, 0.29) is 11.6 Å². The van der Waals surface area contributed by atoms with Gasteiger partial charge in [0.05, 0.1) is 23.0 Å². The molecular formula is C26H28ClFN2O3. The summed E-state index contributed by atoms with van der Waals surface area (Å²) >= 11 is 6.10. The number of hydrogen-bond acceptors (Lipinski definition) is 3. The number of aromatic nitrogens is 2. The summed E-state index contributed by atoms with van der Waals surface area (Å²) < 4.78 is 22.3. The van der Waals surface area contributed by atoms with Crippen LogP contribution < -0.4 is 0 Å². The smallest absolute Gasteiger partial charge is 0.329 e. The first kappa shape index (κ1) is 23.5. The maximum absolute atomic E-state index is 15.0. The van der Waals surface area contributed by atoms with Crippen LogP contribution in [0.15, 0.2) is 48.5 Å². The molecular weight excluding hydrogens is 443 g/mol. The number of carboxylic acid groups (broad SMARTS) is 1. The lowest BCUT2D eigenvalue weighted by Gasteiger charge is -2.28. The zero-order valence-electron chi connectivity index (χ0n) is 18.6. The van der Waals surface area contributed by atoms with Crippen LogP contribution in [0.2, 0.25) is 5.02 Å². The zero-order valence-corrected chi connectivity index (χ0v) is 19.4. The fourth-order valence-corrected chi connectivity index (χ4v) is 4.94. The van der Waals surface area contributed by atoms with Crippen LogP contribution >= 0.6 is 11.6 Å². The lowest BCUT2D eigenvalue weighted by molar-refractivity contribution is -0.142. The third-order valence-electron chi connectivity index (χ3n) is 6.37. The summed E-state index contributed by atoms with van der Waals surface area (Å²) in [5.74, 6) is -0.525. The van der Waals surface area contributed by atoms with Crippen LogP contribution in [0.1, 0.15) is 31.4 Å². The molecule has 1 heterocycles. The van der Waals surface area contributed by atoms with Gasteiger partial charge in [0.25, 0.3) is 0 Å². The highest BCUT2D eigenvalue weighted by Crippen LogP contribution is 2.39. The SMILES string of the molecule is Cc1nn(C[C@H]2CC[C@H](COCC(=O)O)CC2)c(-c2ccccc2)c1-c1cccc(Cl)c1F. The lowest BCUT2D eigenvalue weighted by Crippen LogP contribution is -2.23. The molecule has 7 heteroatoms. The van der Waals surface area contributed by atoms with Crippen molar-refractivity contribution in [3.8, 4) is 22.4 Å². The molecule has 0 spiro atoms. The molecule has 0 amide bonds. The van der Waals surface area contributed by atoms with Crippen LogP contribution in [-0.2, 0) is 16.1 Å². The average molecular weight is 471 g/mol. The first-order valence-electron chi connectivity index (χ1n) is 11.3. The Bertz CT molecular complexity index is 1110. The van der Waals surface area contributed by atoms with Crippen molar-refractivity contribution in [3.63, 3.8) is 0 Å². The first-order valence-corrected chi connectivity index (χ1v) is 11.7. The van der Waals surface area contributed by atoms with Crippen molar-refractivity contribution in [3.05, 3.63) is 65.1 Å². The summed E-state index contributed by atoms with van der Waals surface area (Å²) in [6, 6.07) is 15.0. The highest BCUT2D eigenvalue weighted by atomic mass is 35.5. The molecule has 3 aromatic rings. The number of aliphatic carboxylic acids is 1. The molecule has 0 unspecified atom stereocenters. The predicted molar refractivity (Wildman–Crippen MR) is 127 cm³/mol. The molecule has 1 aliphatic rings. The van der Waals surface area contributed by atoms with Gasteiger partial charge in [-0.05, 0) is 50.5 Å². The van der Waals surface area contributed by atoms with E-state index in [4.69, 9.17) is 26.5 Å². The molecule has 1 aliphatic carbocycles. The number of carboxylic acids is 1. The quantitative estimate of drug-likeness (QED) is 0.424. The molecule has 0 aliphatic heterocycles. The molecule has 174 valence electrons. The summed E-state index contributed by atoms with van der Waals surface area (Å²) in [5.41, 5.74) is 3.90. The van der Waals surface area contributed by atoms with Gasteiger partial charge in [-0.3, -0.25) is 4.68 Å². The Morgan fingerprint density at radius 3 is 2.52 bits per heavy atom. The van der Waals surface area contributed by atoms with E-state index in [1.54, 1.807) is 18.2 Å². The van der Waals surface area contributed by atoms with Crippen molar-refractivity contribution >= 4 is 17.6 Å². The highest BCUT2D eigenvalue weighted by Gasteiger charge is 2.26. The molecule has 0 atom stereocenters. The van der Waals surface area contributed by atoms with Crippen LogP contribution in [0.4, 0.5) is 4.39 Å². The third kappa shape index (κ3) is 5.45. The standard InChI is InChI=1S/C26H28ClFN2O3/c1-17-24(21-8-5-9-22(27)25(21)28)26(20-6-3-2-4-7-20)30(29-17)14-18-10-12-19(13-11-18)15-33-16-23(31)32/h2-9,18-19H,10-16H2,1H3,(H,31,32)/t18-,19-. The fourth-order valence-electron chi connectivity index (χ4n) is 4.76. The minimum atomic E-state index is -0.932. The number of halogens is 2. The maximum atomic E-state index is 15.0. The average Bonchev–Trinajstić information content (AvgIpc) is 3.12. The van der Waals surface area contributed by atoms with Crippen molar-refractivity contribution in [2.75, 3.05) is 13.2 Å². The van der Waals surface area contributed by atoms with E-state index in [1.807, 2.05) is 41.9 Å². The number of ether oxygens (including phenoxy) is 1. The fraction of sp³-hybridized carbons (Fsp3) is 0.385. The number of carbonyl (C=O) groups is 1. The monoisotopic (exact) mass is 470 g/mol. The normalized spacial score (nSPS) is 18.4. The molecule has 0 radical (unpaired) electrons. The number of nitrogens with zero attached hydrogens (tertiary/aromatic N) is 2. The Labute approximate surface area is 198 Å². The topological polar surface area (TPSA) is 64.4 Å². The summed E-state index contributed by atoms with van der Waals surface area (Å²) in [6.45, 7) is 2.91. The second kappa shape index (κ2) is 10.5. The van der Waals surface area contributed by atoms with Crippen molar-refractivity contribution in [1.82, 2.24) is 9.78 Å². The number of hydrogen-bond donors (Lipinski definition) is 1. The van der Waals surface area contributed by atoms with Crippen molar-refractivity contribution in [2.24, 2.45) is 11.8 Å². The second-order valence-corrected chi connectivity index (χ2v) is 9.16. The molecule has 0 saturated heterocycles. The van der Waals surface area contributed by atoms with E-state index < -0.39 is 11.8 Å². The summed E-state index contributed by atoms with van der Waals surface area (Å²) in [5, 5.41) is 13.7. The minimum absolute atomic E-state index is 0.0992. The van der Waals surface area contributed by atoms with Gasteiger partial charge in [0.15, 0.2) is 0 Å². The van der Waals surface area contributed by atoms with E-state index in [0.29, 0.717) is 24.0 Å². The molecule has 33 heavy (non-hydrogen) atoms. The van der Waals surface area contributed by atoms with Gasteiger partial charge in [-0.25, -0.2) is 9.18 Å². The zero-order chi connectivity index (χ0) is 23.4. The Morgan fingerprint density at radius 1 is 1.12 bits per heavy atom. The van der Waals surface area contributed by atoms with Crippen molar-refractivity contribution in [1.29, 1.82) is 0 Å². The van der Waals surface area contributed by atoms with E-state index in [0.717, 1.165) is 54.7 Å². The Hall–Kier alpha value is -2.70. The Kier molecular flexibility index (Phi) is 7.46. The molecule has 4 rings (SSSR count). The second-order valence-electron chi connectivity index (χ2n) is 8.75. The van der Waals surface area contributed by atoms with E-state index >= 15 is 4.39 Å². The van der Waals surface area contributed by atoms with Gasteiger partial charge in [-0.15, -0.1) is 0 Å². The first-order chi connectivity index (χ1) is 15.9. The van der Waals surface area contributed by atoms with Crippen LogP contribution in [0, 0.1) is 24.6 Å². The molecule has 1 fully saturated rings. The lowest BCUT2D eigenvalue weighted by atomic mass is 9.82. The summed E-state index contributed by atoms with van der Waals surface area (Å²) in [7, 11) is 0. The molecule has 0 bridgehead atoms. The molecule has 1 aromatic heterocycles. The van der Waals surface area contributed by atoms with E-state index in [9.17, 15) is 4.79 Å². The van der Waals surface area contributed by atoms with Gasteiger partial charge < -0.3 is 9.84 Å². The van der Waals surface area contributed by atoms with Gasteiger partial charge in [0.2, 0.25) is 0 Å². The van der Waals surface area contributed by atoms with Crippen LogP contribution in [0.3, 0.4) is 0 Å². The van der Waals surface area contributed by atoms with Crippen LogP contribution in [0.5, 0.6) is 0 Å². The van der Waals surface area contributed by atoms with Gasteiger partial charge in [0.1, 0.15) is 12.4 Å². The third-order valence-corrected chi connectivity index (χ3v) is 6.66. The van der Waals surface area contributed by atoms with Gasteiger partial charge in [-0.2, -0.15) is 5.10 Å². The molecule has 2 aromatic carbocycles. The minimum Gasteiger partial charge on any atom is -0.480 e. The van der Waals surface area contributed by atoms with Crippen molar-refractivity contribution in [2.45, 2.75) is 39.2 Å². The molecule has 1 N–H and O–H groups in total. The number of aryl methyl sites for hydroxylation is 1. The Morgan fingerprint density at radius 2 is 1.82 bits per heavy atom. The predicted octanol–water partition coefficient (Wildman–Crippen LogP) is 6.23. The summed E-state index contributed by atoms with van der Waals surface area (Å²) in [4.78, 5) is 10.7. The van der Waals surface area contributed by atoms with Gasteiger partial charge in [0, 0.05) is 23.2 Å². The van der Waals surface area contributed by atoms with E-state index in [2.05, 4.69) is 0 Å². The summed E-state index contributed by atoms with van der Waals surface area (Å²) in [6.07, 6.45) is 4.05. The van der Waals surface area contributed by atoms with Crippen LogP contribution in [-0.4, -0.2) is 34.1 Å². The van der Waals surface area contributed by atoms with Crippen LogP contribution in [0.25, 0.3) is 22.4 Å².